The van der Waals surface area contributed by atoms with Crippen LogP contribution in [0.15, 0.2) is 53.3 Å². The van der Waals surface area contributed by atoms with Crippen LogP contribution in [0.25, 0.3) is 22.0 Å². The van der Waals surface area contributed by atoms with Crippen LogP contribution in [-0.2, 0) is 29.0 Å². The zero-order valence-electron chi connectivity index (χ0n) is 26.2. The van der Waals surface area contributed by atoms with E-state index in [1.54, 1.807) is 40.4 Å². The molecular weight excluding hydrogens is 572 g/mol. The summed E-state index contributed by atoms with van der Waals surface area (Å²) in [4.78, 5) is 44.9. The van der Waals surface area contributed by atoms with E-state index in [0.717, 1.165) is 34.3 Å². The summed E-state index contributed by atoms with van der Waals surface area (Å²) in [5.41, 5.74) is 6.48. The average Bonchev–Trinajstić information content (AvgIpc) is 3.26. The Morgan fingerprint density at radius 1 is 1.00 bits per heavy atom. The van der Waals surface area contributed by atoms with Gasteiger partial charge in [-0.1, -0.05) is 24.3 Å². The van der Waals surface area contributed by atoms with Crippen LogP contribution in [0.5, 0.6) is 17.2 Å². The van der Waals surface area contributed by atoms with Crippen molar-refractivity contribution in [2.45, 2.75) is 51.7 Å². The first-order valence-electron chi connectivity index (χ1n) is 15.1. The smallest absolute Gasteiger partial charge is 0.245 e. The van der Waals surface area contributed by atoms with Crippen molar-refractivity contribution in [3.8, 4) is 28.4 Å². The summed E-state index contributed by atoms with van der Waals surface area (Å²) < 4.78 is 17.1. The van der Waals surface area contributed by atoms with E-state index in [-0.39, 0.29) is 22.9 Å². The molecule has 2 atom stereocenters. The largest absolute Gasteiger partial charge is 0.493 e. The summed E-state index contributed by atoms with van der Waals surface area (Å²) in [5.74, 6) is 1.16. The van der Waals surface area contributed by atoms with Crippen molar-refractivity contribution in [3.63, 3.8) is 0 Å². The van der Waals surface area contributed by atoms with Gasteiger partial charge in [-0.2, -0.15) is 0 Å². The van der Waals surface area contributed by atoms with Crippen LogP contribution >= 0.6 is 0 Å². The number of amides is 2. The third kappa shape index (κ3) is 5.45. The molecule has 4 aromatic rings. The van der Waals surface area contributed by atoms with Crippen molar-refractivity contribution in [1.82, 2.24) is 15.2 Å². The molecule has 0 spiro atoms. The third-order valence-electron chi connectivity index (χ3n) is 8.85. The van der Waals surface area contributed by atoms with Gasteiger partial charge in [0.15, 0.2) is 11.5 Å². The fraction of sp³-hybridized carbons (Fsp3) is 0.343. The number of benzene rings is 2. The minimum Gasteiger partial charge on any atom is -0.493 e. The highest BCUT2D eigenvalue weighted by molar-refractivity contribution is 5.88. The molecule has 1 aliphatic carbocycles. The van der Waals surface area contributed by atoms with Gasteiger partial charge >= 0.3 is 0 Å². The van der Waals surface area contributed by atoms with E-state index in [0.29, 0.717) is 48.7 Å². The van der Waals surface area contributed by atoms with Gasteiger partial charge in [0.2, 0.25) is 23.0 Å². The van der Waals surface area contributed by atoms with Gasteiger partial charge < -0.3 is 34.7 Å². The molecular formula is C35H38N4O6. The molecule has 45 heavy (non-hydrogen) atoms. The van der Waals surface area contributed by atoms with Gasteiger partial charge in [-0.25, -0.2) is 0 Å². The first-order valence-corrected chi connectivity index (χ1v) is 15.1. The number of aromatic nitrogens is 1. The van der Waals surface area contributed by atoms with Gasteiger partial charge in [0, 0.05) is 35.6 Å². The molecule has 10 heteroatoms. The molecule has 0 radical (unpaired) electrons. The second-order valence-corrected chi connectivity index (χ2v) is 11.6. The Hall–Kier alpha value is -4.99. The number of para-hydroxylation sites is 1. The normalized spacial score (nSPS) is 16.0. The van der Waals surface area contributed by atoms with Crippen LogP contribution in [0, 0.1) is 0 Å². The van der Waals surface area contributed by atoms with E-state index >= 15 is 0 Å². The highest BCUT2D eigenvalue weighted by atomic mass is 16.5. The third-order valence-corrected chi connectivity index (χ3v) is 8.85. The summed E-state index contributed by atoms with van der Waals surface area (Å²) in [6.45, 7) is 4.32. The minimum atomic E-state index is -0.650. The lowest BCUT2D eigenvalue weighted by Crippen LogP contribution is -2.44. The van der Waals surface area contributed by atoms with Crippen LogP contribution in [0.2, 0.25) is 0 Å². The lowest BCUT2D eigenvalue weighted by molar-refractivity contribution is -0.132. The summed E-state index contributed by atoms with van der Waals surface area (Å²) in [6, 6.07) is 14.1. The molecule has 3 N–H and O–H groups in total. The number of methoxy groups -OCH3 is 3. The lowest BCUT2D eigenvalue weighted by atomic mass is 9.95. The molecule has 1 aromatic heterocycles. The highest BCUT2D eigenvalue weighted by Gasteiger charge is 2.31. The van der Waals surface area contributed by atoms with Gasteiger partial charge in [0.25, 0.3) is 0 Å². The number of nitrogens with zero attached hydrogens (tertiary/aromatic N) is 1. The number of aryl methyl sites for hydroxylation is 1. The number of aromatic amines is 1. The molecule has 1 aliphatic heterocycles. The maximum Gasteiger partial charge on any atom is 0.245 e. The van der Waals surface area contributed by atoms with Crippen molar-refractivity contribution >= 4 is 28.4 Å². The second-order valence-electron chi connectivity index (χ2n) is 11.6. The Morgan fingerprint density at radius 2 is 1.78 bits per heavy atom. The number of fused-ring (bicyclic) bond motifs is 6. The zero-order chi connectivity index (χ0) is 31.8. The van der Waals surface area contributed by atoms with Crippen molar-refractivity contribution in [1.29, 1.82) is 0 Å². The Labute approximate surface area is 261 Å². The van der Waals surface area contributed by atoms with Gasteiger partial charge in [0.1, 0.15) is 6.04 Å². The summed E-state index contributed by atoms with van der Waals surface area (Å²) >= 11 is 0. The predicted octanol–water partition coefficient (Wildman–Crippen LogP) is 4.73. The van der Waals surface area contributed by atoms with Gasteiger partial charge in [0.05, 0.1) is 39.6 Å². The van der Waals surface area contributed by atoms with Crippen molar-refractivity contribution in [2.75, 3.05) is 33.2 Å². The zero-order valence-corrected chi connectivity index (χ0v) is 26.2. The molecule has 6 rings (SSSR count). The lowest BCUT2D eigenvalue weighted by Gasteiger charge is -2.30. The number of rotatable bonds is 7. The van der Waals surface area contributed by atoms with E-state index in [1.165, 1.54) is 17.9 Å². The number of H-pyrrole nitrogens is 1. The first-order chi connectivity index (χ1) is 21.7. The standard InChI is InChI=1S/C35H38N4O6/c1-19(35(42)39-15-14-23-22-8-6-7-9-26(22)38-29(23)18-39)36-28-13-11-24-25(17-30(28)41)27(37-20(2)40)12-10-21-16-31(43-3)33(44-4)34(45-5)32(21)24/h6-9,11,13,16-17,19,27,38H,10,12,14-15,18H2,1-5H3,(H,36,41)(H,37,40)/t19-,27-/m1/s1. The summed E-state index contributed by atoms with van der Waals surface area (Å²) in [6.07, 6.45) is 1.93. The quantitative estimate of drug-likeness (QED) is 0.277. The van der Waals surface area contributed by atoms with E-state index in [4.69, 9.17) is 14.2 Å². The molecule has 3 aromatic carbocycles. The number of carbonyl (C=O) groups is 2. The molecule has 0 fully saturated rings. The van der Waals surface area contributed by atoms with Crippen molar-refractivity contribution in [3.05, 3.63) is 81.1 Å². The fourth-order valence-electron chi connectivity index (χ4n) is 6.78. The van der Waals surface area contributed by atoms with Gasteiger partial charge in [-0.15, -0.1) is 0 Å². The number of nitrogens with one attached hydrogen (secondary N) is 3. The van der Waals surface area contributed by atoms with E-state index in [2.05, 4.69) is 21.7 Å². The molecule has 0 unspecified atom stereocenters. The molecule has 2 aliphatic rings. The van der Waals surface area contributed by atoms with Crippen molar-refractivity contribution in [2.24, 2.45) is 0 Å². The monoisotopic (exact) mass is 610 g/mol. The van der Waals surface area contributed by atoms with E-state index in [1.807, 2.05) is 35.2 Å². The van der Waals surface area contributed by atoms with E-state index in [9.17, 15) is 14.4 Å². The number of hydrogen-bond donors (Lipinski definition) is 3. The molecule has 234 valence electrons. The maximum atomic E-state index is 13.7. The first kappa shape index (κ1) is 30.1. The van der Waals surface area contributed by atoms with Crippen LogP contribution in [0.3, 0.4) is 0 Å². The Bertz CT molecular complexity index is 1870. The topological polar surface area (TPSA) is 122 Å². The Balaban J connectivity index is 1.35. The minimum absolute atomic E-state index is 0.0910. The highest BCUT2D eigenvalue weighted by Crippen LogP contribution is 2.50. The number of ether oxygens (including phenoxy) is 3. The van der Waals surface area contributed by atoms with Gasteiger partial charge in [-0.3, -0.25) is 14.4 Å². The van der Waals surface area contributed by atoms with Crippen molar-refractivity contribution < 1.29 is 23.8 Å². The van der Waals surface area contributed by atoms with E-state index < -0.39 is 12.1 Å². The van der Waals surface area contributed by atoms with Crippen LogP contribution < -0.4 is 30.3 Å². The Morgan fingerprint density at radius 3 is 2.51 bits per heavy atom. The number of anilines is 1. The van der Waals surface area contributed by atoms with Crippen LogP contribution in [-0.4, -0.2) is 55.6 Å². The molecule has 0 bridgehead atoms. The molecule has 10 nitrogen and oxygen atoms in total. The predicted molar refractivity (Wildman–Crippen MR) is 173 cm³/mol. The number of hydrogen-bond acceptors (Lipinski definition) is 7. The average molecular weight is 611 g/mol. The Kier molecular flexibility index (Phi) is 8.14. The molecule has 2 amide bonds. The summed E-state index contributed by atoms with van der Waals surface area (Å²) in [5, 5.41) is 7.41. The second kappa shape index (κ2) is 12.2. The maximum absolute atomic E-state index is 13.7. The number of carbonyl (C=O) groups excluding carboxylic acids is 2. The summed E-state index contributed by atoms with van der Waals surface area (Å²) in [7, 11) is 4.68. The molecule has 2 heterocycles. The SMILES string of the molecule is COc1cc2c(c(OC)c1OC)-c1ccc(N[C@H](C)C(=O)N3CCc4c([nH]c5ccccc45)C3)c(=O)cc1[C@H](NC(C)=O)CC2. The molecule has 0 saturated carbocycles. The van der Waals surface area contributed by atoms with Crippen LogP contribution in [0.1, 0.15) is 48.7 Å². The molecule has 0 saturated heterocycles. The van der Waals surface area contributed by atoms with Crippen LogP contribution in [0.4, 0.5) is 5.69 Å². The van der Waals surface area contributed by atoms with Gasteiger partial charge in [-0.05, 0) is 72.7 Å². The fourth-order valence-corrected chi connectivity index (χ4v) is 6.78.